The van der Waals surface area contributed by atoms with E-state index in [0.29, 0.717) is 12.2 Å². The Balaban J connectivity index is 1.70. The zero-order valence-corrected chi connectivity index (χ0v) is 15.8. The minimum Gasteiger partial charge on any atom is -0.456 e. The Labute approximate surface area is 162 Å². The number of fused-ring (bicyclic) bond motifs is 1. The molecule has 0 fully saturated rings. The molecular formula is C22H19N3OS. The monoisotopic (exact) mass is 373 g/mol. The van der Waals surface area contributed by atoms with E-state index >= 15 is 0 Å². The smallest absolute Gasteiger partial charge is 0.188 e. The van der Waals surface area contributed by atoms with Crippen LogP contribution in [0.1, 0.15) is 11.3 Å². The van der Waals surface area contributed by atoms with E-state index in [2.05, 4.69) is 40.1 Å². The number of thiazole rings is 1. The largest absolute Gasteiger partial charge is 0.456 e. The maximum absolute atomic E-state index is 6.31. The van der Waals surface area contributed by atoms with Crippen molar-refractivity contribution in [3.63, 3.8) is 0 Å². The van der Waals surface area contributed by atoms with E-state index in [-0.39, 0.29) is 0 Å². The first-order chi connectivity index (χ1) is 13.2. The molecule has 0 aliphatic rings. The summed E-state index contributed by atoms with van der Waals surface area (Å²) in [6, 6.07) is 16.2. The highest BCUT2D eigenvalue weighted by molar-refractivity contribution is 7.13. The summed E-state index contributed by atoms with van der Waals surface area (Å²) < 4.78 is 6.31. The van der Waals surface area contributed by atoms with E-state index in [1.54, 1.807) is 11.3 Å². The minimum absolute atomic E-state index is 0.684. The maximum atomic E-state index is 6.31. The molecule has 2 heterocycles. The van der Waals surface area contributed by atoms with Crippen molar-refractivity contribution >= 4 is 33.1 Å². The van der Waals surface area contributed by atoms with Gasteiger partial charge in [0, 0.05) is 28.6 Å². The Morgan fingerprint density at radius 2 is 2.00 bits per heavy atom. The number of rotatable bonds is 6. The molecule has 0 bridgehead atoms. The molecular weight excluding hydrogens is 354 g/mol. The van der Waals surface area contributed by atoms with Gasteiger partial charge in [0.05, 0.1) is 5.69 Å². The molecule has 4 rings (SSSR count). The number of allylic oxidation sites excluding steroid dienone is 1. The van der Waals surface area contributed by atoms with Gasteiger partial charge in [-0.05, 0) is 24.8 Å². The second kappa shape index (κ2) is 7.60. The van der Waals surface area contributed by atoms with Gasteiger partial charge in [0.15, 0.2) is 5.13 Å². The van der Waals surface area contributed by atoms with Gasteiger partial charge in [0.25, 0.3) is 0 Å². The molecule has 0 atom stereocenters. The summed E-state index contributed by atoms with van der Waals surface area (Å²) in [5, 5.41) is 8.28. The van der Waals surface area contributed by atoms with Crippen LogP contribution in [-0.2, 0) is 6.42 Å². The molecule has 1 N–H and O–H groups in total. The SMILES string of the molecule is C=CCc1cnc(Nc2nc(C)cs2)cc1Oc1cccc2ccccc12. The molecule has 134 valence electrons. The van der Waals surface area contributed by atoms with Crippen LogP contribution in [-0.4, -0.2) is 9.97 Å². The molecule has 0 saturated heterocycles. The summed E-state index contributed by atoms with van der Waals surface area (Å²) in [7, 11) is 0. The van der Waals surface area contributed by atoms with Crippen molar-refractivity contribution in [2.45, 2.75) is 13.3 Å². The molecule has 0 aliphatic carbocycles. The van der Waals surface area contributed by atoms with Gasteiger partial charge in [0.1, 0.15) is 17.3 Å². The number of pyridine rings is 1. The van der Waals surface area contributed by atoms with Crippen molar-refractivity contribution in [1.29, 1.82) is 0 Å². The Morgan fingerprint density at radius 3 is 2.81 bits per heavy atom. The van der Waals surface area contributed by atoms with E-state index < -0.39 is 0 Å². The van der Waals surface area contributed by atoms with E-state index in [0.717, 1.165) is 38.7 Å². The number of nitrogens with zero attached hydrogens (tertiary/aromatic N) is 2. The summed E-state index contributed by atoms with van der Waals surface area (Å²) in [5.41, 5.74) is 1.97. The standard InChI is InChI=1S/C22H19N3OS/c1-3-7-17-13-23-21(25-22-24-15(2)14-27-22)12-20(17)26-19-11-6-9-16-8-4-5-10-18(16)19/h3-6,8-14H,1,7H2,2H3,(H,23,24,25). The molecule has 0 saturated carbocycles. The molecule has 0 radical (unpaired) electrons. The molecule has 2 aromatic heterocycles. The summed E-state index contributed by atoms with van der Waals surface area (Å²) in [4.78, 5) is 8.92. The summed E-state index contributed by atoms with van der Waals surface area (Å²) in [6.45, 7) is 5.81. The highest BCUT2D eigenvalue weighted by Crippen LogP contribution is 2.33. The van der Waals surface area contributed by atoms with E-state index in [1.807, 2.05) is 54.9 Å². The Hall–Kier alpha value is -3.18. The van der Waals surface area contributed by atoms with Gasteiger partial charge < -0.3 is 10.1 Å². The third-order valence-electron chi connectivity index (χ3n) is 4.13. The van der Waals surface area contributed by atoms with Crippen LogP contribution in [0.4, 0.5) is 10.9 Å². The number of aromatic nitrogens is 2. The summed E-state index contributed by atoms with van der Waals surface area (Å²) >= 11 is 1.55. The van der Waals surface area contributed by atoms with Crippen LogP contribution < -0.4 is 10.1 Å². The fourth-order valence-corrected chi connectivity index (χ4v) is 3.56. The summed E-state index contributed by atoms with van der Waals surface area (Å²) in [5.74, 6) is 2.28. The molecule has 4 nitrogen and oxygen atoms in total. The average Bonchev–Trinajstić information content (AvgIpc) is 3.09. The summed E-state index contributed by atoms with van der Waals surface area (Å²) in [6.07, 6.45) is 4.36. The number of ether oxygens (including phenoxy) is 1. The normalized spacial score (nSPS) is 10.7. The van der Waals surface area contributed by atoms with E-state index in [1.165, 1.54) is 0 Å². The Bertz CT molecular complexity index is 1100. The zero-order valence-electron chi connectivity index (χ0n) is 15.0. The van der Waals surface area contributed by atoms with Gasteiger partial charge in [0.2, 0.25) is 0 Å². The van der Waals surface area contributed by atoms with Crippen LogP contribution in [0.15, 0.2) is 72.8 Å². The first kappa shape index (κ1) is 17.2. The van der Waals surface area contributed by atoms with Crippen molar-refractivity contribution in [2.24, 2.45) is 0 Å². The van der Waals surface area contributed by atoms with Gasteiger partial charge in [-0.2, -0.15) is 0 Å². The van der Waals surface area contributed by atoms with Crippen molar-refractivity contribution in [3.05, 3.63) is 84.0 Å². The molecule has 4 aromatic rings. The first-order valence-corrected chi connectivity index (χ1v) is 9.55. The predicted molar refractivity (Wildman–Crippen MR) is 112 cm³/mol. The Morgan fingerprint density at radius 1 is 1.15 bits per heavy atom. The van der Waals surface area contributed by atoms with Gasteiger partial charge in [-0.1, -0.05) is 42.5 Å². The second-order valence-corrected chi connectivity index (χ2v) is 7.03. The van der Waals surface area contributed by atoms with Crippen molar-refractivity contribution < 1.29 is 4.74 Å². The molecule has 27 heavy (non-hydrogen) atoms. The average molecular weight is 373 g/mol. The number of aryl methyl sites for hydroxylation is 1. The van der Waals surface area contributed by atoms with Gasteiger partial charge in [-0.25, -0.2) is 9.97 Å². The first-order valence-electron chi connectivity index (χ1n) is 8.67. The fraction of sp³-hybridized carbons (Fsp3) is 0.0909. The van der Waals surface area contributed by atoms with E-state index in [4.69, 9.17) is 4.74 Å². The van der Waals surface area contributed by atoms with Crippen LogP contribution in [0.25, 0.3) is 10.8 Å². The van der Waals surface area contributed by atoms with Gasteiger partial charge in [-0.3, -0.25) is 0 Å². The number of benzene rings is 2. The molecule has 0 unspecified atom stereocenters. The van der Waals surface area contributed by atoms with Crippen molar-refractivity contribution in [2.75, 3.05) is 5.32 Å². The number of hydrogen-bond donors (Lipinski definition) is 1. The van der Waals surface area contributed by atoms with Gasteiger partial charge in [-0.15, -0.1) is 17.9 Å². The topological polar surface area (TPSA) is 47.0 Å². The molecule has 0 spiro atoms. The lowest BCUT2D eigenvalue weighted by atomic mass is 10.1. The number of hydrogen-bond acceptors (Lipinski definition) is 5. The Kier molecular flexibility index (Phi) is 4.85. The lowest BCUT2D eigenvalue weighted by molar-refractivity contribution is 0.482. The van der Waals surface area contributed by atoms with Crippen LogP contribution in [0.5, 0.6) is 11.5 Å². The van der Waals surface area contributed by atoms with Crippen LogP contribution in [0.2, 0.25) is 0 Å². The highest BCUT2D eigenvalue weighted by Gasteiger charge is 2.10. The van der Waals surface area contributed by atoms with Gasteiger partial charge >= 0.3 is 0 Å². The molecule has 2 aromatic carbocycles. The molecule has 0 amide bonds. The van der Waals surface area contributed by atoms with Crippen LogP contribution in [0.3, 0.4) is 0 Å². The van der Waals surface area contributed by atoms with E-state index in [9.17, 15) is 0 Å². The third kappa shape index (κ3) is 3.83. The number of nitrogens with one attached hydrogen (secondary N) is 1. The fourth-order valence-electron chi connectivity index (χ4n) is 2.86. The second-order valence-electron chi connectivity index (χ2n) is 6.17. The number of anilines is 2. The quantitative estimate of drug-likeness (QED) is 0.405. The molecule has 0 aliphatic heterocycles. The van der Waals surface area contributed by atoms with Crippen LogP contribution >= 0.6 is 11.3 Å². The van der Waals surface area contributed by atoms with Crippen molar-refractivity contribution in [1.82, 2.24) is 9.97 Å². The van der Waals surface area contributed by atoms with Crippen molar-refractivity contribution in [3.8, 4) is 11.5 Å². The zero-order chi connectivity index (χ0) is 18.6. The molecule has 5 heteroatoms. The lowest BCUT2D eigenvalue weighted by Crippen LogP contribution is -1.98. The third-order valence-corrected chi connectivity index (χ3v) is 5.01. The maximum Gasteiger partial charge on any atom is 0.188 e. The lowest BCUT2D eigenvalue weighted by Gasteiger charge is -2.13. The highest BCUT2D eigenvalue weighted by atomic mass is 32.1. The predicted octanol–water partition coefficient (Wildman–Crippen LogP) is 6.26. The minimum atomic E-state index is 0.684. The van der Waals surface area contributed by atoms with Crippen LogP contribution in [0, 0.1) is 6.92 Å².